The van der Waals surface area contributed by atoms with Crippen molar-refractivity contribution in [3.8, 4) is 22.9 Å². The lowest BCUT2D eigenvalue weighted by Crippen LogP contribution is -2.22. The monoisotopic (exact) mass is 398 g/mol. The van der Waals surface area contributed by atoms with Crippen LogP contribution in [0.4, 0.5) is 5.69 Å². The van der Waals surface area contributed by atoms with Crippen molar-refractivity contribution in [3.05, 3.63) is 48.0 Å². The number of hydrogen-bond acceptors (Lipinski definition) is 6. The predicted molar refractivity (Wildman–Crippen MR) is 110 cm³/mol. The minimum absolute atomic E-state index is 0.104. The highest BCUT2D eigenvalue weighted by molar-refractivity contribution is 8.00. The minimum atomic E-state index is -0.360. The van der Waals surface area contributed by atoms with Gasteiger partial charge in [-0.15, -0.1) is 5.10 Å². The van der Waals surface area contributed by atoms with Gasteiger partial charge in [-0.1, -0.05) is 30.0 Å². The van der Waals surface area contributed by atoms with Crippen molar-refractivity contribution < 1.29 is 14.3 Å². The fourth-order valence-electron chi connectivity index (χ4n) is 2.57. The van der Waals surface area contributed by atoms with Gasteiger partial charge in [-0.25, -0.2) is 4.98 Å². The lowest BCUT2D eigenvalue weighted by atomic mass is 10.2. The van der Waals surface area contributed by atoms with Gasteiger partial charge in [-0.2, -0.15) is 0 Å². The molecule has 0 aliphatic carbocycles. The zero-order valence-electron chi connectivity index (χ0n) is 16.1. The first-order valence-electron chi connectivity index (χ1n) is 8.69. The summed E-state index contributed by atoms with van der Waals surface area (Å²) in [5, 5.41) is 10.2. The Balaban J connectivity index is 1.70. The highest BCUT2D eigenvalue weighted by atomic mass is 32.2. The molecule has 1 amide bonds. The van der Waals surface area contributed by atoms with Crippen molar-refractivity contribution >= 4 is 23.4 Å². The lowest BCUT2D eigenvalue weighted by molar-refractivity contribution is -0.115. The predicted octanol–water partition coefficient (Wildman–Crippen LogP) is 3.92. The van der Waals surface area contributed by atoms with E-state index in [0.717, 1.165) is 16.8 Å². The summed E-state index contributed by atoms with van der Waals surface area (Å²) in [6.45, 7) is 3.78. The number of thioether (sulfide) groups is 1. The first kappa shape index (κ1) is 19.8. The van der Waals surface area contributed by atoms with Crippen molar-refractivity contribution in [2.24, 2.45) is 0 Å². The van der Waals surface area contributed by atoms with E-state index in [-0.39, 0.29) is 11.2 Å². The first-order chi connectivity index (χ1) is 13.5. The van der Waals surface area contributed by atoms with Gasteiger partial charge >= 0.3 is 0 Å². The van der Waals surface area contributed by atoms with Crippen LogP contribution < -0.4 is 14.8 Å². The van der Waals surface area contributed by atoms with Crippen molar-refractivity contribution in [1.29, 1.82) is 0 Å². The number of aryl methyl sites for hydroxylation is 1. The summed E-state index contributed by atoms with van der Waals surface area (Å²) < 4.78 is 10.6. The van der Waals surface area contributed by atoms with Crippen molar-refractivity contribution in [3.63, 3.8) is 0 Å². The molecule has 0 fully saturated rings. The van der Waals surface area contributed by atoms with E-state index < -0.39 is 0 Å². The van der Waals surface area contributed by atoms with E-state index in [0.29, 0.717) is 22.5 Å². The summed E-state index contributed by atoms with van der Waals surface area (Å²) in [4.78, 5) is 17.0. The highest BCUT2D eigenvalue weighted by Gasteiger charge is 2.19. The zero-order chi connectivity index (χ0) is 20.1. The van der Waals surface area contributed by atoms with E-state index in [1.165, 1.54) is 11.8 Å². The molecule has 1 heterocycles. The molecule has 28 heavy (non-hydrogen) atoms. The zero-order valence-corrected chi connectivity index (χ0v) is 17.0. The summed E-state index contributed by atoms with van der Waals surface area (Å²) >= 11 is 1.28. The maximum absolute atomic E-state index is 12.5. The summed E-state index contributed by atoms with van der Waals surface area (Å²) in [7, 11) is 3.18. The van der Waals surface area contributed by atoms with Crippen molar-refractivity contribution in [2.75, 3.05) is 19.5 Å². The Labute approximate surface area is 167 Å². The second-order valence-corrected chi connectivity index (χ2v) is 7.41. The standard InChI is InChI=1S/C20H22N4O3S/c1-12-7-5-6-8-16(12)21-19(25)13(2)28-20-22-18(23-24-20)15-10-9-14(26-3)11-17(15)27-4/h5-11,13H,1-4H3,(H,21,25)(H,22,23,24). The summed E-state index contributed by atoms with van der Waals surface area (Å²) in [6.07, 6.45) is 0. The number of H-pyrrole nitrogens is 1. The van der Waals surface area contributed by atoms with E-state index in [4.69, 9.17) is 9.47 Å². The molecule has 1 unspecified atom stereocenters. The number of rotatable bonds is 7. The van der Waals surface area contributed by atoms with E-state index >= 15 is 0 Å². The number of para-hydroxylation sites is 1. The summed E-state index contributed by atoms with van der Waals surface area (Å²) in [5.41, 5.74) is 2.58. The molecule has 0 spiro atoms. The van der Waals surface area contributed by atoms with Gasteiger partial charge in [0.1, 0.15) is 11.5 Å². The maximum Gasteiger partial charge on any atom is 0.237 e. The van der Waals surface area contributed by atoms with Gasteiger partial charge in [0.15, 0.2) is 5.82 Å². The molecule has 7 nitrogen and oxygen atoms in total. The number of ether oxygens (including phenoxy) is 2. The molecular weight excluding hydrogens is 376 g/mol. The van der Waals surface area contributed by atoms with Crippen molar-refractivity contribution in [1.82, 2.24) is 15.2 Å². The Hall–Kier alpha value is -3.00. The molecule has 8 heteroatoms. The van der Waals surface area contributed by atoms with E-state index in [2.05, 4.69) is 20.5 Å². The molecule has 0 saturated carbocycles. The van der Waals surface area contributed by atoms with Crippen LogP contribution in [0.2, 0.25) is 0 Å². The molecule has 3 aromatic rings. The number of benzene rings is 2. The third kappa shape index (κ3) is 4.45. The number of nitrogens with zero attached hydrogens (tertiary/aromatic N) is 2. The number of anilines is 1. The third-order valence-corrected chi connectivity index (χ3v) is 5.14. The SMILES string of the molecule is COc1ccc(-c2nc(SC(C)C(=O)Nc3ccccc3C)n[nH]2)c(OC)c1. The molecule has 0 bridgehead atoms. The van der Waals surface area contributed by atoms with Gasteiger partial charge in [0.25, 0.3) is 0 Å². The number of aromatic nitrogens is 3. The van der Waals surface area contributed by atoms with Crippen LogP contribution in [-0.2, 0) is 4.79 Å². The number of hydrogen-bond donors (Lipinski definition) is 2. The van der Waals surface area contributed by atoms with Crippen LogP contribution in [0.15, 0.2) is 47.6 Å². The van der Waals surface area contributed by atoms with Gasteiger partial charge in [-0.05, 0) is 37.6 Å². The number of aromatic amines is 1. The van der Waals surface area contributed by atoms with Crippen molar-refractivity contribution in [2.45, 2.75) is 24.3 Å². The molecule has 2 aromatic carbocycles. The molecule has 1 aromatic heterocycles. The summed E-state index contributed by atoms with van der Waals surface area (Å²) in [6, 6.07) is 13.1. The average molecular weight is 398 g/mol. The number of amides is 1. The molecule has 0 aliphatic heterocycles. The minimum Gasteiger partial charge on any atom is -0.497 e. The van der Waals surface area contributed by atoms with Crippen LogP contribution >= 0.6 is 11.8 Å². The molecule has 1 atom stereocenters. The van der Waals surface area contributed by atoms with Crippen LogP contribution in [0, 0.1) is 6.92 Å². The molecular formula is C20H22N4O3S. The largest absolute Gasteiger partial charge is 0.497 e. The Kier molecular flexibility index (Phi) is 6.20. The van der Waals surface area contributed by atoms with Gasteiger partial charge in [0.2, 0.25) is 11.1 Å². The Bertz CT molecular complexity index is 974. The Morgan fingerprint density at radius 1 is 1.18 bits per heavy atom. The van der Waals surface area contributed by atoms with E-state index in [1.807, 2.05) is 50.2 Å². The maximum atomic E-state index is 12.5. The van der Waals surface area contributed by atoms with Gasteiger partial charge in [-0.3, -0.25) is 9.89 Å². The number of carbonyl (C=O) groups is 1. The smallest absolute Gasteiger partial charge is 0.237 e. The third-order valence-electron chi connectivity index (χ3n) is 4.18. The Morgan fingerprint density at radius 3 is 2.68 bits per heavy atom. The van der Waals surface area contributed by atoms with E-state index in [1.54, 1.807) is 20.3 Å². The highest BCUT2D eigenvalue weighted by Crippen LogP contribution is 2.32. The molecule has 146 valence electrons. The van der Waals surface area contributed by atoms with Gasteiger partial charge in [0, 0.05) is 11.8 Å². The Morgan fingerprint density at radius 2 is 1.96 bits per heavy atom. The first-order valence-corrected chi connectivity index (χ1v) is 9.57. The normalized spacial score (nSPS) is 11.7. The average Bonchev–Trinajstić information content (AvgIpc) is 3.17. The fourth-order valence-corrected chi connectivity index (χ4v) is 3.30. The van der Waals surface area contributed by atoms with Gasteiger partial charge in [0.05, 0.1) is 25.0 Å². The van der Waals surface area contributed by atoms with Crippen LogP contribution in [0.1, 0.15) is 12.5 Å². The lowest BCUT2D eigenvalue weighted by Gasteiger charge is -2.11. The number of nitrogens with one attached hydrogen (secondary N) is 2. The topological polar surface area (TPSA) is 89.1 Å². The number of carbonyl (C=O) groups excluding carboxylic acids is 1. The second kappa shape index (κ2) is 8.79. The van der Waals surface area contributed by atoms with E-state index in [9.17, 15) is 4.79 Å². The van der Waals surface area contributed by atoms with Crippen LogP contribution in [0.3, 0.4) is 0 Å². The second-order valence-electron chi connectivity index (χ2n) is 6.10. The fraction of sp³-hybridized carbons (Fsp3) is 0.250. The molecule has 0 radical (unpaired) electrons. The van der Waals surface area contributed by atoms with Crippen LogP contribution in [0.25, 0.3) is 11.4 Å². The van der Waals surface area contributed by atoms with Crippen LogP contribution in [-0.4, -0.2) is 40.6 Å². The quantitative estimate of drug-likeness (QED) is 0.587. The molecule has 0 aliphatic rings. The van der Waals surface area contributed by atoms with Crippen LogP contribution in [0.5, 0.6) is 11.5 Å². The summed E-state index contributed by atoms with van der Waals surface area (Å²) in [5.74, 6) is 1.77. The molecule has 2 N–H and O–H groups in total. The van der Waals surface area contributed by atoms with Gasteiger partial charge < -0.3 is 14.8 Å². The number of methoxy groups -OCH3 is 2. The molecule has 3 rings (SSSR count). The molecule has 0 saturated heterocycles.